The normalized spacial score (nSPS) is 10.4. The summed E-state index contributed by atoms with van der Waals surface area (Å²) in [5.41, 5.74) is 1.43. The molecule has 0 saturated heterocycles. The zero-order chi connectivity index (χ0) is 19.1. The van der Waals surface area contributed by atoms with Crippen LogP contribution in [0.4, 0.5) is 10.2 Å². The predicted molar refractivity (Wildman–Crippen MR) is 97.5 cm³/mol. The Labute approximate surface area is 155 Å². The largest absolute Gasteiger partial charge is 0.343 e. The van der Waals surface area contributed by atoms with Crippen LogP contribution in [-0.4, -0.2) is 33.1 Å². The number of anilines is 1. The van der Waals surface area contributed by atoms with E-state index in [1.807, 2.05) is 12.1 Å². The van der Waals surface area contributed by atoms with Crippen molar-refractivity contribution in [2.24, 2.45) is 0 Å². The molecule has 0 fully saturated rings. The molecule has 3 aromatic rings. The monoisotopic (exact) mass is 367 g/mol. The number of pyridine rings is 1. The van der Waals surface area contributed by atoms with E-state index in [0.717, 1.165) is 12.0 Å². The van der Waals surface area contributed by atoms with Crippen molar-refractivity contribution in [1.29, 1.82) is 0 Å². The molecule has 138 valence electrons. The van der Waals surface area contributed by atoms with Crippen LogP contribution in [0.2, 0.25) is 0 Å². The van der Waals surface area contributed by atoms with Gasteiger partial charge in [0.1, 0.15) is 5.82 Å². The Hall–Kier alpha value is -3.55. The molecule has 0 atom stereocenters. The Morgan fingerprint density at radius 3 is 2.52 bits per heavy atom. The summed E-state index contributed by atoms with van der Waals surface area (Å²) in [4.78, 5) is 27.8. The minimum atomic E-state index is -0.451. The number of halogens is 1. The molecule has 8 heteroatoms. The number of benzene rings is 1. The highest BCUT2D eigenvalue weighted by Crippen LogP contribution is 2.05. The van der Waals surface area contributed by atoms with E-state index in [9.17, 15) is 14.0 Å². The van der Waals surface area contributed by atoms with Crippen molar-refractivity contribution < 1.29 is 14.0 Å². The second kappa shape index (κ2) is 8.70. The first-order chi connectivity index (χ1) is 13.1. The van der Waals surface area contributed by atoms with Gasteiger partial charge in [0.2, 0.25) is 5.91 Å². The summed E-state index contributed by atoms with van der Waals surface area (Å²) < 4.78 is 14.6. The van der Waals surface area contributed by atoms with Crippen molar-refractivity contribution >= 4 is 17.6 Å². The fraction of sp³-hybridized carbons (Fsp3) is 0.158. The van der Waals surface area contributed by atoms with Gasteiger partial charge in [-0.15, -0.1) is 0 Å². The van der Waals surface area contributed by atoms with Crippen molar-refractivity contribution in [3.63, 3.8) is 0 Å². The molecular weight excluding hydrogens is 349 g/mol. The highest BCUT2D eigenvalue weighted by molar-refractivity contribution is 5.98. The molecule has 0 radical (unpaired) electrons. The number of hydrogen-bond donors (Lipinski definition) is 2. The fourth-order valence-corrected chi connectivity index (χ4v) is 2.40. The zero-order valence-corrected chi connectivity index (χ0v) is 14.4. The lowest BCUT2D eigenvalue weighted by molar-refractivity contribution is -0.115. The van der Waals surface area contributed by atoms with Crippen molar-refractivity contribution in [3.8, 4) is 0 Å². The molecule has 0 aliphatic rings. The number of aryl methyl sites for hydroxylation is 2. The lowest BCUT2D eigenvalue weighted by Gasteiger charge is -2.05. The number of hydrogen-bond acceptors (Lipinski definition) is 4. The van der Waals surface area contributed by atoms with Crippen LogP contribution in [0.3, 0.4) is 0 Å². The molecule has 0 bridgehead atoms. The van der Waals surface area contributed by atoms with Gasteiger partial charge in [-0.3, -0.25) is 19.3 Å². The molecule has 0 saturated carbocycles. The molecule has 7 nitrogen and oxygen atoms in total. The maximum absolute atomic E-state index is 12.9. The molecular formula is C19H18FN5O2. The van der Waals surface area contributed by atoms with Gasteiger partial charge in [0.15, 0.2) is 5.82 Å². The number of nitrogens with zero attached hydrogens (tertiary/aromatic N) is 3. The van der Waals surface area contributed by atoms with Gasteiger partial charge in [0, 0.05) is 36.8 Å². The SMILES string of the molecule is O=C(CNC(=O)c1ccc(F)cc1)Nc1ccn(CCc2ccncc2)n1. The van der Waals surface area contributed by atoms with Crippen LogP contribution in [0.5, 0.6) is 0 Å². The van der Waals surface area contributed by atoms with E-state index in [0.29, 0.717) is 12.4 Å². The highest BCUT2D eigenvalue weighted by Gasteiger charge is 2.09. The van der Waals surface area contributed by atoms with Crippen molar-refractivity contribution in [2.45, 2.75) is 13.0 Å². The molecule has 2 N–H and O–H groups in total. The Bertz CT molecular complexity index is 909. The molecule has 2 aromatic heterocycles. The predicted octanol–water partition coefficient (Wildman–Crippen LogP) is 2.03. The number of amides is 2. The molecule has 0 aliphatic heterocycles. The van der Waals surface area contributed by atoms with Gasteiger partial charge >= 0.3 is 0 Å². The average Bonchev–Trinajstić information content (AvgIpc) is 3.13. The minimum absolute atomic E-state index is 0.208. The Balaban J connectivity index is 1.45. The van der Waals surface area contributed by atoms with E-state index in [1.54, 1.807) is 29.3 Å². The third-order valence-electron chi connectivity index (χ3n) is 3.80. The second-order valence-corrected chi connectivity index (χ2v) is 5.81. The van der Waals surface area contributed by atoms with E-state index in [2.05, 4.69) is 20.7 Å². The average molecular weight is 367 g/mol. The second-order valence-electron chi connectivity index (χ2n) is 5.81. The van der Waals surface area contributed by atoms with E-state index < -0.39 is 17.6 Å². The summed E-state index contributed by atoms with van der Waals surface area (Å²) in [5, 5.41) is 9.37. The molecule has 0 aliphatic carbocycles. The quantitative estimate of drug-likeness (QED) is 0.669. The smallest absolute Gasteiger partial charge is 0.251 e. The minimum Gasteiger partial charge on any atom is -0.343 e. The lowest BCUT2D eigenvalue weighted by atomic mass is 10.2. The number of carbonyl (C=O) groups excluding carboxylic acids is 2. The molecule has 27 heavy (non-hydrogen) atoms. The van der Waals surface area contributed by atoms with Crippen LogP contribution in [-0.2, 0) is 17.8 Å². The Morgan fingerprint density at radius 2 is 1.78 bits per heavy atom. The molecule has 0 spiro atoms. The van der Waals surface area contributed by atoms with Gasteiger partial charge in [-0.25, -0.2) is 4.39 Å². The first kappa shape index (κ1) is 18.2. The van der Waals surface area contributed by atoms with Crippen LogP contribution in [0, 0.1) is 5.82 Å². The van der Waals surface area contributed by atoms with Gasteiger partial charge in [0.25, 0.3) is 5.91 Å². The molecule has 0 unspecified atom stereocenters. The first-order valence-electron chi connectivity index (χ1n) is 8.36. The van der Waals surface area contributed by atoms with Gasteiger partial charge < -0.3 is 10.6 Å². The summed E-state index contributed by atoms with van der Waals surface area (Å²) in [5.74, 6) is -0.868. The summed E-state index contributed by atoms with van der Waals surface area (Å²) in [6.07, 6.45) is 6.05. The summed E-state index contributed by atoms with van der Waals surface area (Å²) >= 11 is 0. The number of carbonyl (C=O) groups is 2. The van der Waals surface area contributed by atoms with Gasteiger partial charge in [-0.2, -0.15) is 5.10 Å². The summed E-state index contributed by atoms with van der Waals surface area (Å²) in [7, 11) is 0. The van der Waals surface area contributed by atoms with Crippen LogP contribution < -0.4 is 10.6 Å². The standard InChI is InChI=1S/C19H18FN5O2/c20-16-3-1-15(2-4-16)19(27)22-13-18(26)23-17-8-12-25(24-17)11-7-14-5-9-21-10-6-14/h1-6,8-10,12H,7,11,13H2,(H,22,27)(H,23,24,26). The third-order valence-corrected chi connectivity index (χ3v) is 3.80. The first-order valence-corrected chi connectivity index (χ1v) is 8.36. The van der Waals surface area contributed by atoms with E-state index in [1.165, 1.54) is 24.3 Å². The van der Waals surface area contributed by atoms with Crippen LogP contribution in [0.1, 0.15) is 15.9 Å². The van der Waals surface area contributed by atoms with Gasteiger partial charge in [-0.1, -0.05) is 0 Å². The van der Waals surface area contributed by atoms with Crippen LogP contribution in [0.25, 0.3) is 0 Å². The molecule has 2 amide bonds. The summed E-state index contributed by atoms with van der Waals surface area (Å²) in [6.45, 7) is 0.460. The zero-order valence-electron chi connectivity index (χ0n) is 14.4. The van der Waals surface area contributed by atoms with Crippen molar-refractivity contribution in [2.75, 3.05) is 11.9 Å². The molecule has 1 aromatic carbocycles. The number of rotatable bonds is 7. The van der Waals surface area contributed by atoms with E-state index in [-0.39, 0.29) is 12.1 Å². The fourth-order valence-electron chi connectivity index (χ4n) is 2.40. The van der Waals surface area contributed by atoms with Crippen molar-refractivity contribution in [1.82, 2.24) is 20.1 Å². The van der Waals surface area contributed by atoms with E-state index in [4.69, 9.17) is 0 Å². The summed E-state index contributed by atoms with van der Waals surface area (Å²) in [6, 6.07) is 10.7. The molecule has 2 heterocycles. The topological polar surface area (TPSA) is 88.9 Å². The maximum atomic E-state index is 12.9. The van der Waals surface area contributed by atoms with Crippen LogP contribution >= 0.6 is 0 Å². The number of aromatic nitrogens is 3. The Kier molecular flexibility index (Phi) is 5.88. The highest BCUT2D eigenvalue weighted by atomic mass is 19.1. The van der Waals surface area contributed by atoms with E-state index >= 15 is 0 Å². The maximum Gasteiger partial charge on any atom is 0.251 e. The third kappa shape index (κ3) is 5.46. The van der Waals surface area contributed by atoms with Gasteiger partial charge in [0.05, 0.1) is 6.54 Å². The van der Waals surface area contributed by atoms with Crippen molar-refractivity contribution in [3.05, 3.63) is 78.0 Å². The Morgan fingerprint density at radius 1 is 1.04 bits per heavy atom. The number of nitrogens with one attached hydrogen (secondary N) is 2. The lowest BCUT2D eigenvalue weighted by Crippen LogP contribution is -2.32. The molecule has 3 rings (SSSR count). The van der Waals surface area contributed by atoms with Crippen LogP contribution in [0.15, 0.2) is 61.1 Å². The van der Waals surface area contributed by atoms with Gasteiger partial charge in [-0.05, 0) is 48.4 Å².